The number of carbonyl (C=O) groups is 3. The summed E-state index contributed by atoms with van der Waals surface area (Å²) in [6, 6.07) is 23.1. The van der Waals surface area contributed by atoms with Crippen LogP contribution in [-0.4, -0.2) is 41.2 Å². The number of hydrogen-bond acceptors (Lipinski definition) is 7. The van der Waals surface area contributed by atoms with Gasteiger partial charge in [0.15, 0.2) is 6.29 Å². The molecule has 1 saturated heterocycles. The van der Waals surface area contributed by atoms with Crippen molar-refractivity contribution in [3.63, 3.8) is 0 Å². The smallest absolute Gasteiger partial charge is 0.224 e. The molecule has 0 aromatic heterocycles. The molecule has 45 heavy (non-hydrogen) atoms. The Morgan fingerprint density at radius 3 is 2.27 bits per heavy atom. The van der Waals surface area contributed by atoms with Gasteiger partial charge in [-0.3, -0.25) is 14.4 Å². The first kappa shape index (κ1) is 34.2. The van der Waals surface area contributed by atoms with Gasteiger partial charge in [0.2, 0.25) is 17.7 Å². The molecule has 3 aromatic rings. The normalized spacial score (nSPS) is 19.5. The summed E-state index contributed by atoms with van der Waals surface area (Å²) in [5, 5.41) is 18.1. The SMILES string of the molecule is CC(=O)NCCCCCC(=O)Nc1cccc([C@H]2O[C@@H](CSc3ccc(NC(C)=O)cc3)[C@@H](C)[C@@H](c3ccc(CO)cc3)O2)c1. The first-order chi connectivity index (χ1) is 21.7. The zero-order valence-electron chi connectivity index (χ0n) is 26.1. The molecule has 9 nitrogen and oxygen atoms in total. The molecule has 3 aromatic carbocycles. The fraction of sp³-hybridized carbons (Fsp3) is 0.400. The van der Waals surface area contributed by atoms with Gasteiger partial charge in [-0.2, -0.15) is 0 Å². The van der Waals surface area contributed by atoms with Crippen LogP contribution in [0, 0.1) is 5.92 Å². The molecule has 1 aliphatic rings. The second-order valence-corrected chi connectivity index (χ2v) is 12.4. The maximum Gasteiger partial charge on any atom is 0.224 e. The average molecular weight is 634 g/mol. The van der Waals surface area contributed by atoms with E-state index in [9.17, 15) is 19.5 Å². The molecule has 1 aliphatic heterocycles. The van der Waals surface area contributed by atoms with E-state index in [4.69, 9.17) is 9.47 Å². The van der Waals surface area contributed by atoms with Crippen LogP contribution in [0.25, 0.3) is 0 Å². The average Bonchev–Trinajstić information content (AvgIpc) is 3.02. The summed E-state index contributed by atoms with van der Waals surface area (Å²) >= 11 is 1.68. The third-order valence-corrected chi connectivity index (χ3v) is 8.71. The summed E-state index contributed by atoms with van der Waals surface area (Å²) in [6.45, 7) is 5.70. The third kappa shape index (κ3) is 10.7. The number of nitrogens with one attached hydrogen (secondary N) is 3. The lowest BCUT2D eigenvalue weighted by atomic mass is 9.91. The lowest BCUT2D eigenvalue weighted by Crippen LogP contribution is -2.38. The van der Waals surface area contributed by atoms with Crippen molar-refractivity contribution in [3.8, 4) is 0 Å². The maximum atomic E-state index is 12.6. The molecular formula is C35H43N3O6S. The summed E-state index contributed by atoms with van der Waals surface area (Å²) in [5.74, 6) is 0.498. The fourth-order valence-electron chi connectivity index (χ4n) is 5.16. The van der Waals surface area contributed by atoms with Crippen molar-refractivity contribution in [2.45, 2.75) is 76.5 Å². The van der Waals surface area contributed by atoms with Gasteiger partial charge in [0.25, 0.3) is 0 Å². The maximum absolute atomic E-state index is 12.6. The first-order valence-electron chi connectivity index (χ1n) is 15.4. The Bertz CT molecular complexity index is 1420. The van der Waals surface area contributed by atoms with Crippen molar-refractivity contribution in [3.05, 3.63) is 89.5 Å². The molecule has 4 rings (SSSR count). The molecule has 0 spiro atoms. The molecule has 0 bridgehead atoms. The van der Waals surface area contributed by atoms with E-state index in [-0.39, 0.29) is 42.5 Å². The number of rotatable bonds is 14. The lowest BCUT2D eigenvalue weighted by molar-refractivity contribution is -0.268. The predicted octanol–water partition coefficient (Wildman–Crippen LogP) is 6.36. The summed E-state index contributed by atoms with van der Waals surface area (Å²) in [6.07, 6.45) is 1.78. The summed E-state index contributed by atoms with van der Waals surface area (Å²) < 4.78 is 13.2. The standard InChI is InChI=1S/C35H43N3O6S/c1-23-32(22-45-31-17-15-29(16-18-31)37-25(3)41)43-35(44-34(23)27-13-11-26(21-39)12-14-27)28-8-7-9-30(20-28)38-33(42)10-5-4-6-19-36-24(2)40/h7-9,11-18,20,23,32,34-35,39H,4-6,10,19,21-22H2,1-3H3,(H,36,40)(H,37,41)(H,38,42)/t23-,32+,34+,35+/m1/s1. The number of aliphatic hydroxyl groups is 1. The highest BCUT2D eigenvalue weighted by Gasteiger charge is 2.38. The van der Waals surface area contributed by atoms with Gasteiger partial charge in [0, 0.05) is 60.3 Å². The summed E-state index contributed by atoms with van der Waals surface area (Å²) in [7, 11) is 0. The minimum atomic E-state index is -0.651. The Morgan fingerprint density at radius 1 is 0.822 bits per heavy atom. The molecule has 0 aliphatic carbocycles. The van der Waals surface area contributed by atoms with Crippen LogP contribution >= 0.6 is 11.8 Å². The number of aliphatic hydroxyl groups excluding tert-OH is 1. The van der Waals surface area contributed by atoms with Crippen LogP contribution in [0.15, 0.2) is 77.7 Å². The molecule has 240 valence electrons. The van der Waals surface area contributed by atoms with Crippen molar-refractivity contribution in [1.29, 1.82) is 0 Å². The van der Waals surface area contributed by atoms with Gasteiger partial charge in [0.1, 0.15) is 0 Å². The molecule has 3 amide bonds. The number of anilines is 2. The van der Waals surface area contributed by atoms with Gasteiger partial charge in [-0.05, 0) is 60.4 Å². The van der Waals surface area contributed by atoms with E-state index in [1.54, 1.807) is 11.8 Å². The highest BCUT2D eigenvalue weighted by atomic mass is 32.2. The van der Waals surface area contributed by atoms with Gasteiger partial charge in [-0.25, -0.2) is 0 Å². The number of unbranched alkanes of at least 4 members (excludes halogenated alkanes) is 2. The number of ether oxygens (including phenoxy) is 2. The Morgan fingerprint density at radius 2 is 1.58 bits per heavy atom. The fourth-order valence-corrected chi connectivity index (χ4v) is 6.23. The number of amides is 3. The van der Waals surface area contributed by atoms with Crippen molar-refractivity contribution in [2.24, 2.45) is 5.92 Å². The van der Waals surface area contributed by atoms with Gasteiger partial charge in [0.05, 0.1) is 18.8 Å². The van der Waals surface area contributed by atoms with E-state index in [0.29, 0.717) is 24.4 Å². The second kappa shape index (κ2) is 17.1. The monoisotopic (exact) mass is 633 g/mol. The quantitative estimate of drug-likeness (QED) is 0.120. The molecule has 0 saturated carbocycles. The Kier molecular flexibility index (Phi) is 13.0. The van der Waals surface area contributed by atoms with E-state index < -0.39 is 6.29 Å². The Balaban J connectivity index is 1.44. The Hall–Kier alpha value is -3.70. The number of thioether (sulfide) groups is 1. The van der Waals surface area contributed by atoms with Crippen LogP contribution in [-0.2, 0) is 30.5 Å². The van der Waals surface area contributed by atoms with Crippen LogP contribution < -0.4 is 16.0 Å². The van der Waals surface area contributed by atoms with Crippen molar-refractivity contribution in [2.75, 3.05) is 22.9 Å². The topological polar surface area (TPSA) is 126 Å². The van der Waals surface area contributed by atoms with E-state index in [0.717, 1.165) is 46.5 Å². The van der Waals surface area contributed by atoms with E-state index in [2.05, 4.69) is 22.9 Å². The minimum Gasteiger partial charge on any atom is -0.392 e. The molecule has 0 radical (unpaired) electrons. The van der Waals surface area contributed by atoms with Gasteiger partial charge < -0.3 is 30.5 Å². The number of benzene rings is 3. The molecule has 4 N–H and O–H groups in total. The van der Waals surface area contributed by atoms with E-state index >= 15 is 0 Å². The lowest BCUT2D eigenvalue weighted by Gasteiger charge is -2.41. The largest absolute Gasteiger partial charge is 0.392 e. The molecule has 1 fully saturated rings. The predicted molar refractivity (Wildman–Crippen MR) is 177 cm³/mol. The van der Waals surface area contributed by atoms with Gasteiger partial charge in [-0.1, -0.05) is 49.7 Å². The summed E-state index contributed by atoms with van der Waals surface area (Å²) in [5.41, 5.74) is 4.08. The van der Waals surface area contributed by atoms with Gasteiger partial charge in [-0.15, -0.1) is 11.8 Å². The van der Waals surface area contributed by atoms with Gasteiger partial charge >= 0.3 is 0 Å². The minimum absolute atomic E-state index is 0.0251. The first-order valence-corrected chi connectivity index (χ1v) is 16.4. The number of carbonyl (C=O) groups excluding carboxylic acids is 3. The zero-order chi connectivity index (χ0) is 32.2. The molecule has 10 heteroatoms. The van der Waals surface area contributed by atoms with Crippen molar-refractivity contribution >= 4 is 40.9 Å². The Labute approximate surface area is 269 Å². The van der Waals surface area contributed by atoms with Crippen LogP contribution in [0.3, 0.4) is 0 Å². The highest BCUT2D eigenvalue weighted by molar-refractivity contribution is 7.99. The van der Waals surface area contributed by atoms with Crippen molar-refractivity contribution < 1.29 is 29.0 Å². The molecule has 4 atom stereocenters. The van der Waals surface area contributed by atoms with Crippen LogP contribution in [0.2, 0.25) is 0 Å². The second-order valence-electron chi connectivity index (χ2n) is 11.3. The number of hydrogen-bond donors (Lipinski definition) is 4. The van der Waals surface area contributed by atoms with Crippen LogP contribution in [0.1, 0.15) is 75.5 Å². The molecular weight excluding hydrogens is 590 g/mol. The highest BCUT2D eigenvalue weighted by Crippen LogP contribution is 2.43. The van der Waals surface area contributed by atoms with Crippen molar-refractivity contribution in [1.82, 2.24) is 5.32 Å². The van der Waals surface area contributed by atoms with E-state index in [1.165, 1.54) is 13.8 Å². The van der Waals surface area contributed by atoms with E-state index in [1.807, 2.05) is 72.8 Å². The van der Waals surface area contributed by atoms with Crippen LogP contribution in [0.4, 0.5) is 11.4 Å². The van der Waals surface area contributed by atoms with Crippen LogP contribution in [0.5, 0.6) is 0 Å². The zero-order valence-corrected chi connectivity index (χ0v) is 26.9. The molecule has 0 unspecified atom stereocenters. The molecule has 1 heterocycles. The third-order valence-electron chi connectivity index (χ3n) is 7.61. The summed E-state index contributed by atoms with van der Waals surface area (Å²) in [4.78, 5) is 36.1.